The van der Waals surface area contributed by atoms with Crippen molar-refractivity contribution in [2.75, 3.05) is 6.54 Å². The van der Waals surface area contributed by atoms with Gasteiger partial charge in [-0.05, 0) is 54.3 Å². The first kappa shape index (κ1) is 18.6. The van der Waals surface area contributed by atoms with E-state index in [9.17, 15) is 4.79 Å². The minimum Gasteiger partial charge on any atom is -0.334 e. The molecule has 2 aromatic heterocycles. The molecular weight excluding hydrogens is 370 g/mol. The number of hydrogen-bond acceptors (Lipinski definition) is 3. The number of carbonyl (C=O) groups excluding carboxylic acids is 1. The molecule has 0 radical (unpaired) electrons. The third-order valence-corrected chi connectivity index (χ3v) is 5.37. The van der Waals surface area contributed by atoms with Crippen LogP contribution in [0.4, 0.5) is 0 Å². The summed E-state index contributed by atoms with van der Waals surface area (Å²) in [5, 5.41) is 0.735. The van der Waals surface area contributed by atoms with Crippen LogP contribution in [0.3, 0.4) is 0 Å². The molecule has 1 fully saturated rings. The summed E-state index contributed by atoms with van der Waals surface area (Å²) in [6, 6.07) is 17.8. The molecule has 0 aliphatic carbocycles. The second-order valence-electron chi connectivity index (χ2n) is 7.14. The van der Waals surface area contributed by atoms with Crippen molar-refractivity contribution >= 4 is 17.5 Å². The predicted octanol–water partition coefficient (Wildman–Crippen LogP) is 4.63. The molecule has 1 aliphatic heterocycles. The maximum absolute atomic E-state index is 12.9. The van der Waals surface area contributed by atoms with Crippen LogP contribution in [0.25, 0.3) is 0 Å². The molecule has 4 rings (SSSR count). The number of likely N-dealkylation sites (tertiary alicyclic amines) is 1. The Balaban J connectivity index is 1.49. The van der Waals surface area contributed by atoms with E-state index in [2.05, 4.69) is 4.98 Å². The van der Waals surface area contributed by atoms with Crippen molar-refractivity contribution in [3.05, 3.63) is 94.5 Å². The van der Waals surface area contributed by atoms with Crippen molar-refractivity contribution in [3.8, 4) is 0 Å². The first-order valence-corrected chi connectivity index (χ1v) is 9.95. The van der Waals surface area contributed by atoms with Gasteiger partial charge in [0.2, 0.25) is 5.91 Å². The van der Waals surface area contributed by atoms with E-state index in [0.717, 1.165) is 47.8 Å². The summed E-state index contributed by atoms with van der Waals surface area (Å²) in [6.45, 7) is 0.785. The normalized spacial score (nSPS) is 16.3. The molecule has 4 nitrogen and oxygen atoms in total. The third kappa shape index (κ3) is 4.39. The van der Waals surface area contributed by atoms with E-state index in [1.54, 1.807) is 12.4 Å². The summed E-state index contributed by atoms with van der Waals surface area (Å²) in [5.74, 6) is 0.139. The second kappa shape index (κ2) is 8.53. The third-order valence-electron chi connectivity index (χ3n) is 5.12. The van der Waals surface area contributed by atoms with Gasteiger partial charge >= 0.3 is 0 Å². The van der Waals surface area contributed by atoms with Gasteiger partial charge in [0.15, 0.2) is 0 Å². The zero-order valence-electron chi connectivity index (χ0n) is 15.6. The van der Waals surface area contributed by atoms with Gasteiger partial charge in [-0.1, -0.05) is 35.9 Å². The van der Waals surface area contributed by atoms with Crippen molar-refractivity contribution < 1.29 is 4.79 Å². The molecule has 3 heterocycles. The van der Waals surface area contributed by atoms with Crippen LogP contribution in [-0.2, 0) is 17.6 Å². The number of hydrogen-bond donors (Lipinski definition) is 0. The minimum absolute atomic E-state index is 0.0503. The van der Waals surface area contributed by atoms with E-state index >= 15 is 0 Å². The topological polar surface area (TPSA) is 46.1 Å². The molecule has 1 unspecified atom stereocenters. The highest BCUT2D eigenvalue weighted by Gasteiger charge is 2.30. The molecule has 1 aliphatic rings. The molecule has 28 heavy (non-hydrogen) atoms. The quantitative estimate of drug-likeness (QED) is 0.637. The van der Waals surface area contributed by atoms with Crippen molar-refractivity contribution in [1.29, 1.82) is 0 Å². The van der Waals surface area contributed by atoms with Crippen molar-refractivity contribution in [3.63, 3.8) is 0 Å². The van der Waals surface area contributed by atoms with Crippen molar-refractivity contribution in [2.24, 2.45) is 0 Å². The molecule has 0 bridgehead atoms. The Labute approximate surface area is 170 Å². The lowest BCUT2D eigenvalue weighted by Crippen LogP contribution is -2.32. The number of nitrogens with zero attached hydrogens (tertiary/aromatic N) is 3. The number of carbonyl (C=O) groups is 1. The molecule has 1 saturated heterocycles. The molecule has 0 N–H and O–H groups in total. The summed E-state index contributed by atoms with van der Waals surface area (Å²) in [4.78, 5) is 23.8. The Kier molecular flexibility index (Phi) is 5.68. The highest BCUT2D eigenvalue weighted by atomic mass is 35.5. The maximum atomic E-state index is 12.9. The van der Waals surface area contributed by atoms with Gasteiger partial charge in [-0.3, -0.25) is 14.8 Å². The van der Waals surface area contributed by atoms with E-state index in [1.807, 2.05) is 59.5 Å². The Morgan fingerprint density at radius 2 is 1.93 bits per heavy atom. The number of aromatic nitrogens is 2. The van der Waals surface area contributed by atoms with Gasteiger partial charge in [0, 0.05) is 36.1 Å². The molecule has 0 spiro atoms. The summed E-state index contributed by atoms with van der Waals surface area (Å²) < 4.78 is 0. The predicted molar refractivity (Wildman–Crippen MR) is 110 cm³/mol. The molecule has 0 saturated carbocycles. The Bertz CT molecular complexity index is 944. The maximum Gasteiger partial charge on any atom is 0.227 e. The van der Waals surface area contributed by atoms with E-state index < -0.39 is 0 Å². The van der Waals surface area contributed by atoms with Gasteiger partial charge in [0.1, 0.15) is 0 Å². The summed E-state index contributed by atoms with van der Waals surface area (Å²) in [6.07, 6.45) is 6.58. The standard InChI is InChI=1S/C23H22ClN3O/c24-19-10-8-17(9-11-19)14-20-5-1-6-21(26-20)22-7-3-13-27(22)23(28)15-18-4-2-12-25-16-18/h1-2,4-6,8-12,16,22H,3,7,13-15H2. The molecule has 1 atom stereocenters. The lowest BCUT2D eigenvalue weighted by atomic mass is 10.1. The zero-order chi connectivity index (χ0) is 19.3. The average molecular weight is 392 g/mol. The lowest BCUT2D eigenvalue weighted by molar-refractivity contribution is -0.131. The largest absolute Gasteiger partial charge is 0.334 e. The van der Waals surface area contributed by atoms with Crippen LogP contribution in [0, 0.1) is 0 Å². The van der Waals surface area contributed by atoms with Gasteiger partial charge in [-0.2, -0.15) is 0 Å². The first-order valence-electron chi connectivity index (χ1n) is 9.58. The number of benzene rings is 1. The molecule has 1 amide bonds. The second-order valence-corrected chi connectivity index (χ2v) is 7.58. The van der Waals surface area contributed by atoms with Gasteiger partial charge in [0.25, 0.3) is 0 Å². The Morgan fingerprint density at radius 1 is 1.07 bits per heavy atom. The highest BCUT2D eigenvalue weighted by Crippen LogP contribution is 2.31. The Morgan fingerprint density at radius 3 is 2.71 bits per heavy atom. The molecule has 5 heteroatoms. The van der Waals surface area contributed by atoms with Crippen molar-refractivity contribution in [2.45, 2.75) is 31.7 Å². The van der Waals surface area contributed by atoms with Gasteiger partial charge in [-0.25, -0.2) is 0 Å². The number of pyridine rings is 2. The monoisotopic (exact) mass is 391 g/mol. The molecular formula is C23H22ClN3O. The van der Waals surface area contributed by atoms with E-state index in [0.29, 0.717) is 6.42 Å². The average Bonchev–Trinajstić information content (AvgIpc) is 3.21. The molecule has 3 aromatic rings. The van der Waals surface area contributed by atoms with E-state index in [-0.39, 0.29) is 11.9 Å². The van der Waals surface area contributed by atoms with E-state index in [1.165, 1.54) is 5.56 Å². The molecule has 1 aromatic carbocycles. The Hall–Kier alpha value is -2.72. The molecule has 142 valence electrons. The minimum atomic E-state index is 0.0503. The highest BCUT2D eigenvalue weighted by molar-refractivity contribution is 6.30. The fourth-order valence-corrected chi connectivity index (χ4v) is 3.87. The van der Waals surface area contributed by atoms with Crippen LogP contribution in [0.5, 0.6) is 0 Å². The number of rotatable bonds is 5. The zero-order valence-corrected chi connectivity index (χ0v) is 16.3. The van der Waals surface area contributed by atoms with Crippen LogP contribution in [0.15, 0.2) is 67.0 Å². The van der Waals surface area contributed by atoms with Gasteiger partial charge in [-0.15, -0.1) is 0 Å². The van der Waals surface area contributed by atoms with Crippen LogP contribution in [0.2, 0.25) is 5.02 Å². The smallest absolute Gasteiger partial charge is 0.227 e. The van der Waals surface area contributed by atoms with Crippen LogP contribution < -0.4 is 0 Å². The number of amides is 1. The summed E-state index contributed by atoms with van der Waals surface area (Å²) >= 11 is 5.97. The van der Waals surface area contributed by atoms with Gasteiger partial charge < -0.3 is 4.90 Å². The van der Waals surface area contributed by atoms with Crippen molar-refractivity contribution in [1.82, 2.24) is 14.9 Å². The summed E-state index contributed by atoms with van der Waals surface area (Å²) in [5.41, 5.74) is 4.10. The number of halogens is 1. The summed E-state index contributed by atoms with van der Waals surface area (Å²) in [7, 11) is 0. The van der Waals surface area contributed by atoms with Crippen LogP contribution in [0.1, 0.15) is 41.4 Å². The SMILES string of the molecule is O=C(Cc1cccnc1)N1CCCC1c1cccc(Cc2ccc(Cl)cc2)n1. The van der Waals surface area contributed by atoms with Crippen LogP contribution in [-0.4, -0.2) is 27.3 Å². The first-order chi connectivity index (χ1) is 13.7. The van der Waals surface area contributed by atoms with E-state index in [4.69, 9.17) is 16.6 Å². The van der Waals surface area contributed by atoms with Gasteiger partial charge in [0.05, 0.1) is 18.2 Å². The van der Waals surface area contributed by atoms with Crippen LogP contribution >= 0.6 is 11.6 Å². The fourth-order valence-electron chi connectivity index (χ4n) is 3.75. The fraction of sp³-hybridized carbons (Fsp3) is 0.261. The lowest BCUT2D eigenvalue weighted by Gasteiger charge is -2.25.